The number of thioether (sulfide) groups is 1. The average molecular weight is 412 g/mol. The molecule has 2 atom stereocenters. The highest BCUT2D eigenvalue weighted by atomic mass is 35.5. The van der Waals surface area contributed by atoms with E-state index in [1.165, 1.54) is 11.8 Å². The third-order valence-electron chi connectivity index (χ3n) is 5.42. The van der Waals surface area contributed by atoms with Gasteiger partial charge < -0.3 is 15.5 Å². The molecule has 7 heteroatoms. The van der Waals surface area contributed by atoms with Crippen molar-refractivity contribution in [3.63, 3.8) is 0 Å². The van der Waals surface area contributed by atoms with E-state index in [-0.39, 0.29) is 30.3 Å². The molecule has 2 saturated heterocycles. The maximum Gasteiger partial charge on any atom is 0.254 e. The zero-order valence-corrected chi connectivity index (χ0v) is 17.6. The van der Waals surface area contributed by atoms with E-state index in [9.17, 15) is 9.59 Å². The number of piperidine rings is 1. The van der Waals surface area contributed by atoms with E-state index in [1.807, 2.05) is 41.0 Å². The zero-order valence-electron chi connectivity index (χ0n) is 15.9. The highest BCUT2D eigenvalue weighted by Gasteiger charge is 2.28. The quantitative estimate of drug-likeness (QED) is 0.756. The number of nitrogens with two attached hydrogens (primary N) is 1. The Morgan fingerprint density at radius 1 is 1.15 bits per heavy atom. The van der Waals surface area contributed by atoms with Crippen LogP contribution in [-0.4, -0.2) is 59.6 Å². The summed E-state index contributed by atoms with van der Waals surface area (Å²) in [5.74, 6) is 0.994. The van der Waals surface area contributed by atoms with Crippen LogP contribution in [0.15, 0.2) is 29.2 Å². The number of hydrogen-bond acceptors (Lipinski definition) is 4. The standard InChI is InChI=1S/C20H29N3O2S.ClH/c1-15(21)16-7-6-12-23(13-16)20(25)17-8-2-3-9-18(17)26-14-19(24)22-10-4-5-11-22;/h2-3,8-9,15-16H,4-7,10-14,21H2,1H3;1H. The minimum absolute atomic E-state index is 0. The number of benzene rings is 1. The summed E-state index contributed by atoms with van der Waals surface area (Å²) in [6.07, 6.45) is 4.28. The Hall–Kier alpha value is -1.24. The molecule has 2 fully saturated rings. The van der Waals surface area contributed by atoms with Crippen LogP contribution in [-0.2, 0) is 4.79 Å². The van der Waals surface area contributed by atoms with Gasteiger partial charge in [-0.2, -0.15) is 0 Å². The van der Waals surface area contributed by atoms with Crippen molar-refractivity contribution in [2.75, 3.05) is 31.9 Å². The van der Waals surface area contributed by atoms with Crippen molar-refractivity contribution in [1.29, 1.82) is 0 Å². The molecule has 0 saturated carbocycles. The van der Waals surface area contributed by atoms with E-state index in [4.69, 9.17) is 5.73 Å². The second-order valence-corrected chi connectivity index (χ2v) is 8.40. The molecular weight excluding hydrogens is 382 g/mol. The molecule has 0 bridgehead atoms. The first kappa shape index (κ1) is 22.1. The minimum Gasteiger partial charge on any atom is -0.342 e. The highest BCUT2D eigenvalue weighted by molar-refractivity contribution is 8.00. The van der Waals surface area contributed by atoms with Gasteiger partial charge in [-0.1, -0.05) is 12.1 Å². The normalized spacial score (nSPS) is 20.9. The van der Waals surface area contributed by atoms with Gasteiger partial charge in [-0.25, -0.2) is 0 Å². The lowest BCUT2D eigenvalue weighted by molar-refractivity contribution is -0.127. The number of rotatable bonds is 5. The van der Waals surface area contributed by atoms with E-state index in [0.717, 1.165) is 56.8 Å². The molecule has 0 radical (unpaired) electrons. The molecule has 2 aliphatic rings. The van der Waals surface area contributed by atoms with Crippen LogP contribution in [0.4, 0.5) is 0 Å². The van der Waals surface area contributed by atoms with Crippen molar-refractivity contribution in [3.8, 4) is 0 Å². The summed E-state index contributed by atoms with van der Waals surface area (Å²) in [5.41, 5.74) is 6.76. The Morgan fingerprint density at radius 3 is 2.52 bits per heavy atom. The topological polar surface area (TPSA) is 66.6 Å². The van der Waals surface area contributed by atoms with Gasteiger partial charge in [-0.15, -0.1) is 24.2 Å². The van der Waals surface area contributed by atoms with E-state index in [0.29, 0.717) is 17.2 Å². The van der Waals surface area contributed by atoms with E-state index < -0.39 is 0 Å². The Balaban J connectivity index is 0.00000261. The smallest absolute Gasteiger partial charge is 0.254 e. The van der Waals surface area contributed by atoms with Crippen molar-refractivity contribution in [3.05, 3.63) is 29.8 Å². The minimum atomic E-state index is 0. The SMILES string of the molecule is CC(N)C1CCCN(C(=O)c2ccccc2SCC(=O)N2CCCC2)C1.Cl. The van der Waals surface area contributed by atoms with E-state index >= 15 is 0 Å². The maximum atomic E-state index is 13.1. The first-order chi connectivity index (χ1) is 12.6. The molecular formula is C20H30ClN3O2S. The molecule has 0 spiro atoms. The van der Waals surface area contributed by atoms with Gasteiger partial charge in [0.2, 0.25) is 5.91 Å². The van der Waals surface area contributed by atoms with Crippen molar-refractivity contribution in [2.45, 2.75) is 43.5 Å². The molecule has 150 valence electrons. The van der Waals surface area contributed by atoms with Crippen molar-refractivity contribution in [2.24, 2.45) is 11.7 Å². The Labute approximate surface area is 172 Å². The monoisotopic (exact) mass is 411 g/mol. The van der Waals surface area contributed by atoms with E-state index in [2.05, 4.69) is 0 Å². The third kappa shape index (κ3) is 5.62. The van der Waals surface area contributed by atoms with Crippen LogP contribution in [0.2, 0.25) is 0 Å². The first-order valence-electron chi connectivity index (χ1n) is 9.60. The summed E-state index contributed by atoms with van der Waals surface area (Å²) >= 11 is 1.48. The summed E-state index contributed by atoms with van der Waals surface area (Å²) in [4.78, 5) is 30.1. The van der Waals surface area contributed by atoms with Gasteiger partial charge in [0.1, 0.15) is 0 Å². The van der Waals surface area contributed by atoms with Gasteiger partial charge >= 0.3 is 0 Å². The van der Waals surface area contributed by atoms with E-state index in [1.54, 1.807) is 0 Å². The van der Waals surface area contributed by atoms with Gasteiger partial charge in [0.05, 0.1) is 11.3 Å². The summed E-state index contributed by atoms with van der Waals surface area (Å²) < 4.78 is 0. The highest BCUT2D eigenvalue weighted by Crippen LogP contribution is 2.27. The van der Waals surface area contributed by atoms with Crippen LogP contribution in [0, 0.1) is 5.92 Å². The molecule has 1 aromatic rings. The predicted octanol–water partition coefficient (Wildman–Crippen LogP) is 3.02. The molecule has 2 unspecified atom stereocenters. The number of hydrogen-bond donors (Lipinski definition) is 1. The number of halogens is 1. The number of amides is 2. The second kappa shape index (κ2) is 10.3. The van der Waals surface area contributed by atoms with Crippen LogP contribution in [0.3, 0.4) is 0 Å². The van der Waals surface area contributed by atoms with Gasteiger partial charge in [0, 0.05) is 37.1 Å². The second-order valence-electron chi connectivity index (χ2n) is 7.39. The zero-order chi connectivity index (χ0) is 18.5. The molecule has 2 N–H and O–H groups in total. The average Bonchev–Trinajstić information content (AvgIpc) is 3.21. The van der Waals surface area contributed by atoms with Crippen molar-refractivity contribution in [1.82, 2.24) is 9.80 Å². The first-order valence-corrected chi connectivity index (χ1v) is 10.6. The molecule has 3 rings (SSSR count). The Kier molecular flexibility index (Phi) is 8.45. The van der Waals surface area contributed by atoms with Crippen LogP contribution in [0.25, 0.3) is 0 Å². The van der Waals surface area contributed by atoms with Crippen molar-refractivity contribution >= 4 is 36.0 Å². The van der Waals surface area contributed by atoms with Crippen molar-refractivity contribution < 1.29 is 9.59 Å². The van der Waals surface area contributed by atoms with Crippen LogP contribution in [0.5, 0.6) is 0 Å². The van der Waals surface area contributed by atoms with Crippen LogP contribution in [0.1, 0.15) is 43.0 Å². The van der Waals surface area contributed by atoms with Crippen LogP contribution >= 0.6 is 24.2 Å². The predicted molar refractivity (Wildman–Crippen MR) is 113 cm³/mol. The summed E-state index contributed by atoms with van der Waals surface area (Å²) in [6.45, 7) is 5.27. The fourth-order valence-corrected chi connectivity index (χ4v) is 4.71. The van der Waals surface area contributed by atoms with Gasteiger partial charge in [-0.3, -0.25) is 9.59 Å². The molecule has 2 heterocycles. The number of carbonyl (C=O) groups is 2. The lowest BCUT2D eigenvalue weighted by Crippen LogP contribution is -2.45. The van der Waals surface area contributed by atoms with Gasteiger partial charge in [-0.05, 0) is 50.7 Å². The molecule has 2 aliphatic heterocycles. The fourth-order valence-electron chi connectivity index (χ4n) is 3.76. The molecule has 1 aromatic carbocycles. The Bertz CT molecular complexity index is 650. The lowest BCUT2D eigenvalue weighted by Gasteiger charge is -2.35. The largest absolute Gasteiger partial charge is 0.342 e. The molecule has 5 nitrogen and oxygen atoms in total. The maximum absolute atomic E-state index is 13.1. The number of likely N-dealkylation sites (tertiary alicyclic amines) is 2. The molecule has 0 aliphatic carbocycles. The van der Waals surface area contributed by atoms with Gasteiger partial charge in [0.25, 0.3) is 5.91 Å². The summed E-state index contributed by atoms with van der Waals surface area (Å²) in [6, 6.07) is 7.75. The van der Waals surface area contributed by atoms with Crippen LogP contribution < -0.4 is 5.73 Å². The molecule has 0 aromatic heterocycles. The Morgan fingerprint density at radius 2 is 1.81 bits per heavy atom. The summed E-state index contributed by atoms with van der Waals surface area (Å²) in [7, 11) is 0. The molecule has 27 heavy (non-hydrogen) atoms. The lowest BCUT2D eigenvalue weighted by atomic mass is 9.92. The number of nitrogens with zero attached hydrogens (tertiary/aromatic N) is 2. The summed E-state index contributed by atoms with van der Waals surface area (Å²) in [5, 5.41) is 0. The third-order valence-corrected chi connectivity index (χ3v) is 6.47. The van der Waals surface area contributed by atoms with Gasteiger partial charge in [0.15, 0.2) is 0 Å². The number of carbonyl (C=O) groups excluding carboxylic acids is 2. The fraction of sp³-hybridized carbons (Fsp3) is 0.600. The molecule has 2 amide bonds.